The number of rotatable bonds is 45. The molecule has 12 nitrogen and oxygen atoms in total. The van der Waals surface area contributed by atoms with Crippen molar-refractivity contribution in [3.05, 3.63) is 109 Å². The standard InChI is InChI=1S/C61H96O12/c1-4-7-10-13-16-19-22-24-26-27-29-30-33-35-38-41-44-47-53(62)69-50-52(71-54(63)48-45-42-39-36-32-21-18-15-12-9-6-3)51-70-61-59(57(66)56(65)58(73-61)60(67)68)72-55(64)49-46-43-40-37-34-31-28-25-23-20-17-14-11-8-5-2/h7-8,10-11,16-17,19-20,24-26,28-30,34,37,43,46,52,56-59,61,65-66H,4-6,9,12-15,18,21-23,27,31-33,35-36,38-42,44-45,47-51H2,1-3H3,(H,67,68)/b10-7-,11-8-,19-16-,20-17-,26-24-,28-25-,30-29-,37-34-,46-43-. The van der Waals surface area contributed by atoms with Crippen molar-refractivity contribution in [3.63, 3.8) is 0 Å². The van der Waals surface area contributed by atoms with Crippen molar-refractivity contribution in [1.29, 1.82) is 0 Å². The monoisotopic (exact) mass is 1020 g/mol. The number of unbranched alkanes of at least 4 members (excludes halogenated alkanes) is 14. The number of carbonyl (C=O) groups is 4. The summed E-state index contributed by atoms with van der Waals surface area (Å²) in [5.74, 6) is -3.33. The van der Waals surface area contributed by atoms with Gasteiger partial charge >= 0.3 is 23.9 Å². The molecular weight excluding hydrogens is 925 g/mol. The highest BCUT2D eigenvalue weighted by Crippen LogP contribution is 2.26. The van der Waals surface area contributed by atoms with Crippen LogP contribution in [0.2, 0.25) is 0 Å². The fraction of sp³-hybridized carbons (Fsp3) is 0.639. The highest BCUT2D eigenvalue weighted by Gasteiger charge is 2.50. The van der Waals surface area contributed by atoms with Gasteiger partial charge in [-0.2, -0.15) is 0 Å². The van der Waals surface area contributed by atoms with Gasteiger partial charge in [-0.3, -0.25) is 14.4 Å². The number of allylic oxidation sites excluding steroid dienone is 17. The van der Waals surface area contributed by atoms with Crippen molar-refractivity contribution in [3.8, 4) is 0 Å². The van der Waals surface area contributed by atoms with Gasteiger partial charge in [0.05, 0.1) is 13.0 Å². The van der Waals surface area contributed by atoms with Gasteiger partial charge in [-0.1, -0.05) is 207 Å². The van der Waals surface area contributed by atoms with Crippen molar-refractivity contribution in [2.24, 2.45) is 0 Å². The summed E-state index contributed by atoms with van der Waals surface area (Å²) in [6.45, 7) is 5.67. The molecule has 0 aromatic heterocycles. The Kier molecular flexibility index (Phi) is 44.0. The van der Waals surface area contributed by atoms with E-state index in [2.05, 4.69) is 106 Å². The first-order valence-electron chi connectivity index (χ1n) is 27.9. The van der Waals surface area contributed by atoms with Gasteiger partial charge in [-0.25, -0.2) is 4.79 Å². The van der Waals surface area contributed by atoms with Crippen LogP contribution in [0, 0.1) is 0 Å². The highest BCUT2D eigenvalue weighted by atomic mass is 16.7. The van der Waals surface area contributed by atoms with Gasteiger partial charge in [0.1, 0.15) is 18.8 Å². The molecule has 0 saturated carbocycles. The third kappa shape index (κ3) is 38.6. The smallest absolute Gasteiger partial charge is 0.335 e. The molecule has 1 rings (SSSR count). The molecule has 73 heavy (non-hydrogen) atoms. The summed E-state index contributed by atoms with van der Waals surface area (Å²) in [5, 5.41) is 31.4. The Bertz CT molecular complexity index is 1690. The molecule has 0 aromatic rings. The van der Waals surface area contributed by atoms with Crippen LogP contribution >= 0.6 is 0 Å². The molecule has 1 aliphatic rings. The number of ether oxygens (including phenoxy) is 5. The first-order valence-corrected chi connectivity index (χ1v) is 27.9. The summed E-state index contributed by atoms with van der Waals surface area (Å²) in [6, 6.07) is 0. The Morgan fingerprint density at radius 1 is 0.479 bits per heavy atom. The maximum Gasteiger partial charge on any atom is 0.335 e. The minimum Gasteiger partial charge on any atom is -0.479 e. The van der Waals surface area contributed by atoms with Crippen molar-refractivity contribution in [2.75, 3.05) is 13.2 Å². The van der Waals surface area contributed by atoms with Crippen LogP contribution in [0.3, 0.4) is 0 Å². The zero-order valence-corrected chi connectivity index (χ0v) is 45.1. The first kappa shape index (κ1) is 66.4. The number of aliphatic hydroxyl groups is 2. The molecule has 0 aromatic carbocycles. The average molecular weight is 1020 g/mol. The van der Waals surface area contributed by atoms with Crippen molar-refractivity contribution < 1.29 is 58.2 Å². The fourth-order valence-electron chi connectivity index (χ4n) is 7.67. The molecule has 1 heterocycles. The molecule has 0 spiro atoms. The lowest BCUT2D eigenvalue weighted by Crippen LogP contribution is -2.61. The van der Waals surface area contributed by atoms with E-state index >= 15 is 0 Å². The normalized spacial score (nSPS) is 19.2. The number of carbonyl (C=O) groups excluding carboxylic acids is 3. The molecule has 1 saturated heterocycles. The Morgan fingerprint density at radius 2 is 0.904 bits per heavy atom. The number of aliphatic hydroxyl groups excluding tert-OH is 2. The van der Waals surface area contributed by atoms with Crippen LogP contribution in [0.25, 0.3) is 0 Å². The van der Waals surface area contributed by atoms with Gasteiger partial charge in [0.2, 0.25) is 0 Å². The average Bonchev–Trinajstić information content (AvgIpc) is 3.37. The van der Waals surface area contributed by atoms with Crippen LogP contribution in [-0.4, -0.2) is 89.2 Å². The minimum atomic E-state index is -1.94. The summed E-state index contributed by atoms with van der Waals surface area (Å²) in [7, 11) is 0. The molecule has 0 radical (unpaired) electrons. The Morgan fingerprint density at radius 3 is 1.38 bits per heavy atom. The molecule has 412 valence electrons. The lowest BCUT2D eigenvalue weighted by Gasteiger charge is -2.40. The van der Waals surface area contributed by atoms with E-state index in [-0.39, 0.29) is 25.9 Å². The van der Waals surface area contributed by atoms with E-state index in [1.54, 1.807) is 12.2 Å². The van der Waals surface area contributed by atoms with E-state index < -0.39 is 67.3 Å². The Balaban J connectivity index is 2.77. The molecule has 3 N–H and O–H groups in total. The quantitative estimate of drug-likeness (QED) is 0.0228. The number of aliphatic carboxylic acids is 1. The molecule has 0 bridgehead atoms. The Labute approximate surface area is 440 Å². The van der Waals surface area contributed by atoms with Crippen LogP contribution in [0.5, 0.6) is 0 Å². The van der Waals surface area contributed by atoms with E-state index in [0.29, 0.717) is 19.3 Å². The number of carboxylic acid groups (broad SMARTS) is 1. The molecule has 12 heteroatoms. The zero-order chi connectivity index (χ0) is 53.3. The molecule has 1 aliphatic heterocycles. The summed E-state index contributed by atoms with van der Waals surface area (Å²) in [5.41, 5.74) is 0. The third-order valence-electron chi connectivity index (χ3n) is 11.9. The van der Waals surface area contributed by atoms with Crippen molar-refractivity contribution in [2.45, 2.75) is 237 Å². The van der Waals surface area contributed by atoms with Gasteiger partial charge in [0.25, 0.3) is 0 Å². The fourth-order valence-corrected chi connectivity index (χ4v) is 7.67. The lowest BCUT2D eigenvalue weighted by atomic mass is 9.98. The van der Waals surface area contributed by atoms with E-state index in [9.17, 15) is 34.5 Å². The summed E-state index contributed by atoms with van der Waals surface area (Å²) in [4.78, 5) is 50.9. The van der Waals surface area contributed by atoms with E-state index in [0.717, 1.165) is 96.3 Å². The number of hydrogen-bond acceptors (Lipinski definition) is 11. The number of carboxylic acids is 1. The van der Waals surface area contributed by atoms with Crippen LogP contribution in [0.1, 0.15) is 201 Å². The summed E-state index contributed by atoms with van der Waals surface area (Å²) >= 11 is 0. The van der Waals surface area contributed by atoms with Crippen LogP contribution in [-0.2, 0) is 42.9 Å². The van der Waals surface area contributed by atoms with Crippen molar-refractivity contribution >= 4 is 23.9 Å². The first-order chi connectivity index (χ1) is 35.6. The van der Waals surface area contributed by atoms with Gasteiger partial charge in [-0.05, 0) is 83.5 Å². The molecule has 0 amide bonds. The summed E-state index contributed by atoms with van der Waals surface area (Å²) < 4.78 is 28.2. The second-order valence-electron chi connectivity index (χ2n) is 18.5. The lowest BCUT2D eigenvalue weighted by molar-refractivity contribution is -0.301. The van der Waals surface area contributed by atoms with Gasteiger partial charge in [0.15, 0.2) is 24.6 Å². The van der Waals surface area contributed by atoms with E-state index in [1.165, 1.54) is 44.9 Å². The molecule has 1 fully saturated rings. The highest BCUT2D eigenvalue weighted by molar-refractivity contribution is 5.74. The van der Waals surface area contributed by atoms with E-state index in [1.807, 2.05) is 12.2 Å². The number of hydrogen-bond donors (Lipinski definition) is 3. The van der Waals surface area contributed by atoms with Crippen LogP contribution in [0.15, 0.2) is 109 Å². The summed E-state index contributed by atoms with van der Waals surface area (Å²) in [6.07, 6.45) is 52.4. The van der Waals surface area contributed by atoms with Crippen LogP contribution in [0.4, 0.5) is 0 Å². The maximum atomic E-state index is 13.1. The van der Waals surface area contributed by atoms with E-state index in [4.69, 9.17) is 23.7 Å². The number of esters is 3. The van der Waals surface area contributed by atoms with Gasteiger partial charge in [-0.15, -0.1) is 0 Å². The predicted molar refractivity (Wildman–Crippen MR) is 294 cm³/mol. The zero-order valence-electron chi connectivity index (χ0n) is 45.1. The molecule has 6 unspecified atom stereocenters. The predicted octanol–water partition coefficient (Wildman–Crippen LogP) is 13.9. The Hall–Kier alpha value is -4.62. The molecular formula is C61H96O12. The van der Waals surface area contributed by atoms with Gasteiger partial charge < -0.3 is 39.0 Å². The topological polar surface area (TPSA) is 175 Å². The second kappa shape index (κ2) is 48.3. The largest absolute Gasteiger partial charge is 0.479 e. The minimum absolute atomic E-state index is 0.143. The molecule has 6 atom stereocenters. The van der Waals surface area contributed by atoms with Crippen molar-refractivity contribution in [1.82, 2.24) is 0 Å². The van der Waals surface area contributed by atoms with Crippen LogP contribution < -0.4 is 0 Å². The molecule has 0 aliphatic carbocycles. The maximum absolute atomic E-state index is 13.1. The second-order valence-corrected chi connectivity index (χ2v) is 18.5. The third-order valence-corrected chi connectivity index (χ3v) is 11.9. The SMILES string of the molecule is CC/C=C\C/C=C\C/C=C\C/C=C\C/C=C\CC(=O)OC1C(OCC(COC(=O)CCCCCC/C=C\C/C=C\C/C=C\C/C=C\CC)OC(=O)CCCCCCCCCCCCC)OC(C(=O)O)C(O)C1O. The van der Waals surface area contributed by atoms with Gasteiger partial charge in [0, 0.05) is 12.8 Å².